The van der Waals surface area contributed by atoms with E-state index in [1.807, 2.05) is 0 Å². The normalized spacial score (nSPS) is 12.0. The quantitative estimate of drug-likeness (QED) is 0.629. The Bertz CT molecular complexity index is 774. The van der Waals surface area contributed by atoms with Crippen molar-refractivity contribution in [1.82, 2.24) is 4.72 Å². The van der Waals surface area contributed by atoms with Gasteiger partial charge < -0.3 is 4.74 Å². The summed E-state index contributed by atoms with van der Waals surface area (Å²) in [5, 5.41) is 0. The Labute approximate surface area is 142 Å². The number of nitrogens with zero attached hydrogens (tertiary/aromatic N) is 1. The van der Waals surface area contributed by atoms with Crippen LogP contribution in [0.3, 0.4) is 0 Å². The molecule has 10 heteroatoms. The van der Waals surface area contributed by atoms with E-state index in [4.69, 9.17) is 0 Å². The molecule has 0 saturated carbocycles. The second kappa shape index (κ2) is 8.45. The van der Waals surface area contributed by atoms with Gasteiger partial charge in [0.25, 0.3) is 0 Å². The molecule has 1 N–H and O–H groups in total. The highest BCUT2D eigenvalue weighted by Gasteiger charge is 2.23. The smallest absolute Gasteiger partial charge is 0.340 e. The molecule has 0 aliphatic rings. The summed E-state index contributed by atoms with van der Waals surface area (Å²) in [7, 11) is -5.97. The highest BCUT2D eigenvalue weighted by atomic mass is 32.2. The summed E-state index contributed by atoms with van der Waals surface area (Å²) in [6.45, 7) is 1.48. The van der Waals surface area contributed by atoms with Gasteiger partial charge in [-0.2, -0.15) is 0 Å². The van der Waals surface area contributed by atoms with Crippen LogP contribution in [0.4, 0.5) is 5.69 Å². The number of anilines is 1. The second-order valence-corrected chi connectivity index (χ2v) is 8.89. The van der Waals surface area contributed by atoms with Crippen LogP contribution in [0.5, 0.6) is 0 Å². The van der Waals surface area contributed by atoms with Gasteiger partial charge in [-0.25, -0.2) is 26.4 Å². The van der Waals surface area contributed by atoms with Crippen LogP contribution >= 0.6 is 0 Å². The zero-order valence-electron chi connectivity index (χ0n) is 13.9. The number of benzene rings is 1. The minimum absolute atomic E-state index is 0.0371. The summed E-state index contributed by atoms with van der Waals surface area (Å²) >= 11 is 0. The summed E-state index contributed by atoms with van der Waals surface area (Å²) in [6, 6.07) is 6.08. The maximum absolute atomic E-state index is 12.1. The van der Waals surface area contributed by atoms with Gasteiger partial charge in [-0.3, -0.25) is 4.31 Å². The molecule has 1 aromatic carbocycles. The Hall–Kier alpha value is -1.65. The fraction of sp³-hybridized carbons (Fsp3) is 0.500. The molecular weight excluding hydrogens is 356 g/mol. The van der Waals surface area contributed by atoms with Crippen LogP contribution < -0.4 is 9.03 Å². The van der Waals surface area contributed by atoms with Crippen molar-refractivity contribution < 1.29 is 26.4 Å². The van der Waals surface area contributed by atoms with Gasteiger partial charge in [-0.15, -0.1) is 0 Å². The van der Waals surface area contributed by atoms with Crippen molar-refractivity contribution in [3.63, 3.8) is 0 Å². The van der Waals surface area contributed by atoms with Gasteiger partial charge in [0.1, 0.15) is 0 Å². The number of rotatable bonds is 9. The molecule has 1 rings (SSSR count). The van der Waals surface area contributed by atoms with Crippen LogP contribution in [0.1, 0.15) is 23.7 Å². The van der Waals surface area contributed by atoms with Gasteiger partial charge in [0.05, 0.1) is 30.4 Å². The van der Waals surface area contributed by atoms with Crippen molar-refractivity contribution in [2.75, 3.05) is 36.5 Å². The lowest BCUT2D eigenvalue weighted by atomic mass is 10.2. The number of carbonyl (C=O) groups is 1. The summed E-state index contributed by atoms with van der Waals surface area (Å²) < 4.78 is 55.5. The van der Waals surface area contributed by atoms with Crippen LogP contribution in [0, 0.1) is 0 Å². The molecule has 0 amide bonds. The average Bonchev–Trinajstić information content (AvgIpc) is 2.49. The van der Waals surface area contributed by atoms with Crippen LogP contribution in [0.2, 0.25) is 0 Å². The molecule has 24 heavy (non-hydrogen) atoms. The van der Waals surface area contributed by atoms with Gasteiger partial charge >= 0.3 is 5.97 Å². The first-order chi connectivity index (χ1) is 11.1. The molecule has 0 aromatic heterocycles. The van der Waals surface area contributed by atoms with Crippen LogP contribution in [0.25, 0.3) is 0 Å². The van der Waals surface area contributed by atoms with Crippen LogP contribution in [-0.2, 0) is 24.8 Å². The maximum Gasteiger partial charge on any atom is 0.340 e. The first kappa shape index (κ1) is 20.4. The number of methoxy groups -OCH3 is 1. The molecule has 0 saturated heterocycles. The molecule has 0 bridgehead atoms. The average molecular weight is 378 g/mol. The molecule has 1 aromatic rings. The lowest BCUT2D eigenvalue weighted by Crippen LogP contribution is -2.39. The first-order valence-electron chi connectivity index (χ1n) is 7.24. The monoisotopic (exact) mass is 378 g/mol. The second-order valence-electron chi connectivity index (χ2n) is 5.06. The molecule has 0 aliphatic heterocycles. The standard InChI is InChI=1S/C14H22N2O6S2/c1-4-11-24(20,21)15-9-10-16(23(3,18)19)13-8-6-5-7-12(13)14(17)22-2/h5-8,15H,4,9-11H2,1-3H3. The van der Waals surface area contributed by atoms with E-state index in [9.17, 15) is 21.6 Å². The van der Waals surface area contributed by atoms with E-state index in [0.29, 0.717) is 6.42 Å². The van der Waals surface area contributed by atoms with Crippen LogP contribution in [0.15, 0.2) is 24.3 Å². The highest BCUT2D eigenvalue weighted by molar-refractivity contribution is 7.92. The number of sulfonamides is 2. The molecule has 0 spiro atoms. The Morgan fingerprint density at radius 2 is 1.83 bits per heavy atom. The third-order valence-electron chi connectivity index (χ3n) is 3.09. The Kier molecular flexibility index (Phi) is 7.18. The Balaban J connectivity index is 3.07. The van der Waals surface area contributed by atoms with Gasteiger partial charge in [-0.1, -0.05) is 19.1 Å². The number of carbonyl (C=O) groups excluding carboxylic acids is 1. The molecule has 0 heterocycles. The number of ether oxygens (including phenoxy) is 1. The van der Waals surface area contributed by atoms with Crippen molar-refractivity contribution in [2.24, 2.45) is 0 Å². The minimum atomic E-state index is -3.72. The Morgan fingerprint density at radius 3 is 2.38 bits per heavy atom. The molecular formula is C14H22N2O6S2. The number of hydrogen-bond acceptors (Lipinski definition) is 6. The molecule has 0 radical (unpaired) electrons. The summed E-state index contributed by atoms with van der Waals surface area (Å²) in [5.74, 6) is -0.712. The van der Waals surface area contributed by atoms with Crippen molar-refractivity contribution in [1.29, 1.82) is 0 Å². The number of esters is 1. The number of para-hydroxylation sites is 1. The minimum Gasteiger partial charge on any atom is -0.465 e. The Morgan fingerprint density at radius 1 is 1.21 bits per heavy atom. The van der Waals surface area contributed by atoms with E-state index in [0.717, 1.165) is 10.6 Å². The highest BCUT2D eigenvalue weighted by Crippen LogP contribution is 2.23. The van der Waals surface area contributed by atoms with E-state index in [2.05, 4.69) is 9.46 Å². The van der Waals surface area contributed by atoms with E-state index in [1.54, 1.807) is 19.1 Å². The van der Waals surface area contributed by atoms with Crippen molar-refractivity contribution >= 4 is 31.7 Å². The molecule has 8 nitrogen and oxygen atoms in total. The van der Waals surface area contributed by atoms with Gasteiger partial charge in [0.15, 0.2) is 0 Å². The molecule has 0 fully saturated rings. The molecule has 0 unspecified atom stereocenters. The third kappa shape index (κ3) is 5.77. The number of nitrogens with one attached hydrogen (secondary N) is 1. The fourth-order valence-corrected chi connectivity index (χ4v) is 4.11. The first-order valence-corrected chi connectivity index (χ1v) is 10.7. The molecule has 136 valence electrons. The predicted octanol–water partition coefficient (Wildman–Crippen LogP) is 0.569. The molecule has 0 atom stereocenters. The predicted molar refractivity (Wildman–Crippen MR) is 92.1 cm³/mol. The SMILES string of the molecule is CCCS(=O)(=O)NCCN(c1ccccc1C(=O)OC)S(C)(=O)=O. The van der Waals surface area contributed by atoms with Crippen LogP contribution in [-0.4, -0.2) is 55.0 Å². The summed E-state index contributed by atoms with van der Waals surface area (Å²) in [4.78, 5) is 11.8. The van der Waals surface area contributed by atoms with Gasteiger partial charge in [0, 0.05) is 13.1 Å². The fourth-order valence-electron chi connectivity index (χ4n) is 2.08. The van der Waals surface area contributed by atoms with Gasteiger partial charge in [-0.05, 0) is 18.6 Å². The summed E-state index contributed by atoms with van der Waals surface area (Å²) in [6.07, 6.45) is 1.44. The lowest BCUT2D eigenvalue weighted by molar-refractivity contribution is 0.0601. The number of hydrogen-bond donors (Lipinski definition) is 1. The summed E-state index contributed by atoms with van der Waals surface area (Å²) in [5.41, 5.74) is 0.225. The lowest BCUT2D eigenvalue weighted by Gasteiger charge is -2.24. The van der Waals surface area contributed by atoms with Gasteiger partial charge in [0.2, 0.25) is 20.0 Å². The van der Waals surface area contributed by atoms with E-state index in [1.165, 1.54) is 19.2 Å². The third-order valence-corrected chi connectivity index (χ3v) is 5.86. The van der Waals surface area contributed by atoms with E-state index < -0.39 is 26.0 Å². The van der Waals surface area contributed by atoms with E-state index in [-0.39, 0.29) is 30.1 Å². The zero-order valence-corrected chi connectivity index (χ0v) is 15.5. The van der Waals surface area contributed by atoms with E-state index >= 15 is 0 Å². The van der Waals surface area contributed by atoms with Crippen molar-refractivity contribution in [3.05, 3.63) is 29.8 Å². The largest absolute Gasteiger partial charge is 0.465 e. The van der Waals surface area contributed by atoms with Crippen molar-refractivity contribution in [3.8, 4) is 0 Å². The maximum atomic E-state index is 12.1. The van der Waals surface area contributed by atoms with Crippen molar-refractivity contribution in [2.45, 2.75) is 13.3 Å². The topological polar surface area (TPSA) is 110 Å². The molecule has 0 aliphatic carbocycles. The zero-order chi connectivity index (χ0) is 18.4.